The Bertz CT molecular complexity index is 574. The highest BCUT2D eigenvalue weighted by Crippen LogP contribution is 2.35. The van der Waals surface area contributed by atoms with E-state index in [-0.39, 0.29) is 23.7 Å². The molecule has 0 aromatic carbocycles. The Labute approximate surface area is 107 Å². The number of aliphatic hydroxyl groups is 2. The Kier molecular flexibility index (Phi) is 2.89. The van der Waals surface area contributed by atoms with Crippen molar-refractivity contribution in [3.63, 3.8) is 0 Å². The zero-order chi connectivity index (χ0) is 12.7. The molecule has 2 N–H and O–H groups in total. The molecule has 18 heavy (non-hydrogen) atoms. The standard InChI is InChI=1S/C10H12ClN5O2/c11-9-8-10(13-4-12-9)16(15-14-8)6-1-5(3-17)7(18)2-6/h4-7,17-18H,1-3H2. The minimum absolute atomic E-state index is 0.0203. The van der Waals surface area contributed by atoms with Gasteiger partial charge in [-0.2, -0.15) is 0 Å². The molecule has 1 saturated carbocycles. The number of nitrogens with zero attached hydrogens (tertiary/aromatic N) is 5. The maximum Gasteiger partial charge on any atom is 0.183 e. The number of aromatic nitrogens is 5. The second-order valence-electron chi connectivity index (χ2n) is 4.51. The number of hydrogen-bond donors (Lipinski definition) is 2. The minimum atomic E-state index is -0.517. The van der Waals surface area contributed by atoms with Gasteiger partial charge in [0.15, 0.2) is 16.3 Å². The summed E-state index contributed by atoms with van der Waals surface area (Å²) in [6.45, 7) is -0.0277. The van der Waals surface area contributed by atoms with Gasteiger partial charge in [-0.25, -0.2) is 14.6 Å². The fraction of sp³-hybridized carbons (Fsp3) is 0.600. The van der Waals surface area contributed by atoms with Gasteiger partial charge in [-0.3, -0.25) is 0 Å². The van der Waals surface area contributed by atoms with E-state index in [4.69, 9.17) is 16.7 Å². The lowest BCUT2D eigenvalue weighted by molar-refractivity contribution is 0.0906. The molecule has 1 aliphatic rings. The van der Waals surface area contributed by atoms with Crippen LogP contribution in [0.15, 0.2) is 6.33 Å². The molecule has 0 spiro atoms. The first-order valence-electron chi connectivity index (χ1n) is 5.71. The van der Waals surface area contributed by atoms with Gasteiger partial charge in [0.05, 0.1) is 12.1 Å². The molecule has 0 amide bonds. The molecular formula is C10H12ClN5O2. The first-order valence-corrected chi connectivity index (χ1v) is 6.08. The van der Waals surface area contributed by atoms with Gasteiger partial charge >= 0.3 is 0 Å². The molecule has 0 radical (unpaired) electrons. The van der Waals surface area contributed by atoms with E-state index in [0.717, 1.165) is 0 Å². The molecule has 0 saturated heterocycles. The van der Waals surface area contributed by atoms with Crippen LogP contribution in [0.2, 0.25) is 5.15 Å². The van der Waals surface area contributed by atoms with Gasteiger partial charge in [0.2, 0.25) is 0 Å². The van der Waals surface area contributed by atoms with Gasteiger partial charge < -0.3 is 10.2 Å². The molecular weight excluding hydrogens is 258 g/mol. The van der Waals surface area contributed by atoms with Crippen LogP contribution in [0.4, 0.5) is 0 Å². The van der Waals surface area contributed by atoms with Gasteiger partial charge in [-0.15, -0.1) is 5.10 Å². The lowest BCUT2D eigenvalue weighted by Crippen LogP contribution is -2.16. The van der Waals surface area contributed by atoms with Crippen molar-refractivity contribution in [2.75, 3.05) is 6.61 Å². The third-order valence-electron chi connectivity index (χ3n) is 3.43. The molecule has 3 atom stereocenters. The highest BCUT2D eigenvalue weighted by Gasteiger charge is 2.35. The third-order valence-corrected chi connectivity index (χ3v) is 3.71. The third kappa shape index (κ3) is 1.75. The van der Waals surface area contributed by atoms with Crippen molar-refractivity contribution < 1.29 is 10.2 Å². The molecule has 2 aromatic rings. The molecule has 1 aliphatic carbocycles. The average Bonchev–Trinajstić information content (AvgIpc) is 2.93. The number of aliphatic hydroxyl groups excluding tert-OH is 2. The molecule has 96 valence electrons. The van der Waals surface area contributed by atoms with Gasteiger partial charge in [0, 0.05) is 12.5 Å². The van der Waals surface area contributed by atoms with Crippen molar-refractivity contribution in [1.29, 1.82) is 0 Å². The SMILES string of the molecule is OCC1CC(n2nnc3c(Cl)ncnc32)CC1O. The number of halogens is 1. The monoisotopic (exact) mass is 269 g/mol. The first kappa shape index (κ1) is 11.8. The van der Waals surface area contributed by atoms with E-state index in [0.29, 0.717) is 24.0 Å². The number of hydrogen-bond acceptors (Lipinski definition) is 6. The van der Waals surface area contributed by atoms with Crippen LogP contribution in [0.25, 0.3) is 11.2 Å². The van der Waals surface area contributed by atoms with Crippen LogP contribution in [0, 0.1) is 5.92 Å². The second-order valence-corrected chi connectivity index (χ2v) is 4.86. The normalized spacial score (nSPS) is 28.1. The zero-order valence-corrected chi connectivity index (χ0v) is 10.2. The van der Waals surface area contributed by atoms with Crippen LogP contribution < -0.4 is 0 Å². The first-order chi connectivity index (χ1) is 8.70. The van der Waals surface area contributed by atoms with Crippen LogP contribution in [0.1, 0.15) is 18.9 Å². The molecule has 0 aliphatic heterocycles. The summed E-state index contributed by atoms with van der Waals surface area (Å²) >= 11 is 5.91. The van der Waals surface area contributed by atoms with E-state index in [1.165, 1.54) is 6.33 Å². The topological polar surface area (TPSA) is 97.0 Å². The summed E-state index contributed by atoms with van der Waals surface area (Å²) in [7, 11) is 0. The van der Waals surface area contributed by atoms with Crippen molar-refractivity contribution in [3.05, 3.63) is 11.5 Å². The molecule has 1 fully saturated rings. The van der Waals surface area contributed by atoms with Gasteiger partial charge in [-0.1, -0.05) is 16.8 Å². The van der Waals surface area contributed by atoms with Crippen LogP contribution in [-0.4, -0.2) is 47.9 Å². The van der Waals surface area contributed by atoms with E-state index < -0.39 is 6.10 Å². The molecule has 3 rings (SSSR count). The summed E-state index contributed by atoms with van der Waals surface area (Å²) in [5.41, 5.74) is 1.02. The molecule has 2 aromatic heterocycles. The largest absolute Gasteiger partial charge is 0.396 e. The lowest BCUT2D eigenvalue weighted by atomic mass is 10.1. The van der Waals surface area contributed by atoms with Crippen LogP contribution in [-0.2, 0) is 0 Å². The Morgan fingerprint density at radius 3 is 2.94 bits per heavy atom. The Morgan fingerprint density at radius 1 is 1.39 bits per heavy atom. The lowest BCUT2D eigenvalue weighted by Gasteiger charge is -2.09. The van der Waals surface area contributed by atoms with Crippen molar-refractivity contribution in [1.82, 2.24) is 25.0 Å². The Balaban J connectivity index is 1.99. The summed E-state index contributed by atoms with van der Waals surface area (Å²) in [6, 6.07) is -0.0203. The van der Waals surface area contributed by atoms with E-state index in [9.17, 15) is 5.11 Å². The smallest absolute Gasteiger partial charge is 0.183 e. The highest BCUT2D eigenvalue weighted by molar-refractivity contribution is 6.33. The van der Waals surface area contributed by atoms with Crippen molar-refractivity contribution in [2.45, 2.75) is 25.0 Å². The van der Waals surface area contributed by atoms with E-state index in [1.807, 2.05) is 0 Å². The van der Waals surface area contributed by atoms with Crippen LogP contribution in [0.3, 0.4) is 0 Å². The summed E-state index contributed by atoms with van der Waals surface area (Å²) < 4.78 is 1.65. The fourth-order valence-corrected chi connectivity index (χ4v) is 2.62. The van der Waals surface area contributed by atoms with Crippen molar-refractivity contribution >= 4 is 22.8 Å². The van der Waals surface area contributed by atoms with Crippen LogP contribution in [0.5, 0.6) is 0 Å². The quantitative estimate of drug-likeness (QED) is 0.755. The summed E-state index contributed by atoms with van der Waals surface area (Å²) in [5, 5.41) is 27.2. The second kappa shape index (κ2) is 4.42. The highest BCUT2D eigenvalue weighted by atomic mass is 35.5. The summed E-state index contributed by atoms with van der Waals surface area (Å²) in [6.07, 6.45) is 2.03. The van der Waals surface area contributed by atoms with Crippen LogP contribution >= 0.6 is 11.6 Å². The fourth-order valence-electron chi connectivity index (χ4n) is 2.45. The Morgan fingerprint density at radius 2 is 2.22 bits per heavy atom. The number of rotatable bonds is 2. The minimum Gasteiger partial charge on any atom is -0.396 e. The summed E-state index contributed by atoms with van der Waals surface area (Å²) in [4.78, 5) is 7.96. The molecule has 0 bridgehead atoms. The average molecular weight is 270 g/mol. The van der Waals surface area contributed by atoms with Crippen molar-refractivity contribution in [2.24, 2.45) is 5.92 Å². The van der Waals surface area contributed by atoms with Gasteiger partial charge in [0.25, 0.3) is 0 Å². The predicted octanol–water partition coefficient (Wildman–Crippen LogP) is 0.179. The zero-order valence-electron chi connectivity index (χ0n) is 9.44. The molecule has 8 heteroatoms. The molecule has 2 heterocycles. The number of fused-ring (bicyclic) bond motifs is 1. The predicted molar refractivity (Wildman–Crippen MR) is 63.0 cm³/mol. The van der Waals surface area contributed by atoms with Crippen molar-refractivity contribution in [3.8, 4) is 0 Å². The maximum absolute atomic E-state index is 9.80. The maximum atomic E-state index is 9.80. The van der Waals surface area contributed by atoms with Gasteiger partial charge in [-0.05, 0) is 12.8 Å². The Hall–Kier alpha value is -1.31. The molecule has 3 unspecified atom stereocenters. The van der Waals surface area contributed by atoms with Gasteiger partial charge in [0.1, 0.15) is 6.33 Å². The molecule has 7 nitrogen and oxygen atoms in total. The van der Waals surface area contributed by atoms with E-state index in [2.05, 4.69) is 20.3 Å². The van der Waals surface area contributed by atoms with E-state index in [1.54, 1.807) is 4.68 Å². The summed E-state index contributed by atoms with van der Waals surface area (Å²) in [5.74, 6) is -0.119. The van der Waals surface area contributed by atoms with E-state index >= 15 is 0 Å².